The van der Waals surface area contributed by atoms with Crippen LogP contribution in [0.2, 0.25) is 0 Å². The number of carbonyl (C=O) groups is 1. The van der Waals surface area contributed by atoms with E-state index in [1.165, 1.54) is 35.9 Å². The summed E-state index contributed by atoms with van der Waals surface area (Å²) in [7, 11) is 0. The number of rotatable bonds is 6. The molecule has 7 heteroatoms. The van der Waals surface area contributed by atoms with Crippen LogP contribution in [0.1, 0.15) is 44.6 Å². The Morgan fingerprint density at radius 1 is 1.09 bits per heavy atom. The first-order valence-corrected chi connectivity index (χ1v) is 14.0. The molecule has 1 aliphatic heterocycles. The van der Waals surface area contributed by atoms with Gasteiger partial charge in [-0.25, -0.2) is 4.68 Å². The fourth-order valence-electron chi connectivity index (χ4n) is 4.58. The molecule has 1 aromatic heterocycles. The summed E-state index contributed by atoms with van der Waals surface area (Å²) in [4.78, 5) is 17.2. The van der Waals surface area contributed by atoms with Gasteiger partial charge in [0, 0.05) is 28.3 Å². The van der Waals surface area contributed by atoms with Gasteiger partial charge in [-0.05, 0) is 48.9 Å². The van der Waals surface area contributed by atoms with E-state index < -0.39 is 0 Å². The summed E-state index contributed by atoms with van der Waals surface area (Å²) in [5.41, 5.74) is 3.80. The molecule has 2 heterocycles. The maximum absolute atomic E-state index is 13.4. The maximum atomic E-state index is 13.4. The van der Waals surface area contributed by atoms with Gasteiger partial charge in [0.1, 0.15) is 4.32 Å². The van der Waals surface area contributed by atoms with Gasteiger partial charge >= 0.3 is 0 Å². The van der Waals surface area contributed by atoms with Crippen LogP contribution >= 0.6 is 35.7 Å². The summed E-state index contributed by atoms with van der Waals surface area (Å²) in [5.74, 6) is 1.07. The summed E-state index contributed by atoms with van der Waals surface area (Å²) >= 11 is 8.88. The minimum absolute atomic E-state index is 0.0370. The Hall–Kier alpha value is -2.35. The van der Waals surface area contributed by atoms with E-state index in [0.717, 1.165) is 41.1 Å². The molecule has 34 heavy (non-hydrogen) atoms. The Labute approximate surface area is 214 Å². The van der Waals surface area contributed by atoms with Crippen LogP contribution in [0.3, 0.4) is 0 Å². The average molecular weight is 506 g/mol. The van der Waals surface area contributed by atoms with E-state index in [1.807, 2.05) is 63.9 Å². The molecule has 2 aliphatic rings. The van der Waals surface area contributed by atoms with Gasteiger partial charge in [-0.1, -0.05) is 80.5 Å². The molecule has 1 saturated carbocycles. The number of benzene rings is 2. The maximum Gasteiger partial charge on any atom is 0.266 e. The van der Waals surface area contributed by atoms with Gasteiger partial charge in [0.15, 0.2) is 0 Å². The second kappa shape index (κ2) is 10.5. The number of aromatic nitrogens is 2. The predicted octanol–water partition coefficient (Wildman–Crippen LogP) is 7.19. The summed E-state index contributed by atoms with van der Waals surface area (Å²) in [6.45, 7) is 2.15. The van der Waals surface area contributed by atoms with Crippen LogP contribution in [-0.4, -0.2) is 36.7 Å². The number of thioether (sulfide) groups is 2. The molecular weight excluding hydrogens is 479 g/mol. The Kier molecular flexibility index (Phi) is 7.23. The van der Waals surface area contributed by atoms with E-state index in [4.69, 9.17) is 17.3 Å². The number of thiocarbonyl (C=S) groups is 1. The normalized spacial score (nSPS) is 18.3. The zero-order valence-corrected chi connectivity index (χ0v) is 21.6. The highest BCUT2D eigenvalue weighted by molar-refractivity contribution is 8.26. The molecule has 1 amide bonds. The minimum atomic E-state index is 0.0370. The number of hydrogen-bond acceptors (Lipinski definition) is 5. The van der Waals surface area contributed by atoms with E-state index in [1.54, 1.807) is 0 Å². The van der Waals surface area contributed by atoms with Crippen molar-refractivity contribution in [2.24, 2.45) is 0 Å². The van der Waals surface area contributed by atoms with Crippen LogP contribution < -0.4 is 0 Å². The number of carbonyl (C=O) groups excluding carboxylic acids is 1. The second-order valence-corrected chi connectivity index (χ2v) is 11.5. The molecule has 1 saturated heterocycles. The molecule has 1 aliphatic carbocycles. The van der Waals surface area contributed by atoms with Crippen LogP contribution in [-0.2, 0) is 4.79 Å². The van der Waals surface area contributed by atoms with Crippen molar-refractivity contribution in [3.63, 3.8) is 0 Å². The Morgan fingerprint density at radius 2 is 1.82 bits per heavy atom. The second-order valence-electron chi connectivity index (χ2n) is 8.51. The molecule has 2 fully saturated rings. The standard InChI is InChI=1S/C27H27N3OS3/c1-2-33-23-15-13-19(14-16-23)25-20(18-29(28-25)21-9-5-3-6-10-21)17-24-26(31)30(27(32)34-24)22-11-7-4-8-12-22/h3,5-6,9-10,13-18,22H,2,4,7-8,11-12H2,1H3. The van der Waals surface area contributed by atoms with Crippen LogP contribution in [0.4, 0.5) is 0 Å². The third-order valence-electron chi connectivity index (χ3n) is 6.25. The summed E-state index contributed by atoms with van der Waals surface area (Å²) in [5, 5.41) is 4.92. The fraction of sp³-hybridized carbons (Fsp3) is 0.296. The predicted molar refractivity (Wildman–Crippen MR) is 147 cm³/mol. The molecule has 3 aromatic rings. The quantitative estimate of drug-likeness (QED) is 0.201. The average Bonchev–Trinajstić information content (AvgIpc) is 3.41. The topological polar surface area (TPSA) is 38.1 Å². The number of amides is 1. The number of hydrogen-bond donors (Lipinski definition) is 0. The van der Waals surface area contributed by atoms with Crippen molar-refractivity contribution in [2.75, 3.05) is 5.75 Å². The first kappa shape index (κ1) is 23.4. The smallest absolute Gasteiger partial charge is 0.266 e. The largest absolute Gasteiger partial charge is 0.290 e. The molecule has 5 rings (SSSR count). The van der Waals surface area contributed by atoms with Gasteiger partial charge < -0.3 is 0 Å². The van der Waals surface area contributed by atoms with E-state index in [-0.39, 0.29) is 11.9 Å². The molecule has 0 atom stereocenters. The van der Waals surface area contributed by atoms with Gasteiger partial charge in [-0.3, -0.25) is 9.69 Å². The van der Waals surface area contributed by atoms with Crippen LogP contribution in [0, 0.1) is 0 Å². The van der Waals surface area contributed by atoms with Crippen molar-refractivity contribution in [3.8, 4) is 16.9 Å². The SMILES string of the molecule is CCSc1ccc(-c2nn(-c3ccccc3)cc2C=C2SC(=S)N(C3CCCCC3)C2=O)cc1. The third kappa shape index (κ3) is 4.88. The monoisotopic (exact) mass is 505 g/mol. The van der Waals surface area contributed by atoms with Crippen LogP contribution in [0.15, 0.2) is 70.6 Å². The van der Waals surface area contributed by atoms with Crippen molar-refractivity contribution in [3.05, 3.63) is 71.3 Å². The lowest BCUT2D eigenvalue weighted by atomic mass is 9.94. The minimum Gasteiger partial charge on any atom is -0.290 e. The molecule has 0 unspecified atom stereocenters. The molecule has 0 N–H and O–H groups in total. The lowest BCUT2D eigenvalue weighted by molar-refractivity contribution is -0.124. The molecule has 2 aromatic carbocycles. The Morgan fingerprint density at radius 3 is 2.53 bits per heavy atom. The zero-order chi connectivity index (χ0) is 23.5. The van der Waals surface area contributed by atoms with Gasteiger partial charge in [0.2, 0.25) is 0 Å². The van der Waals surface area contributed by atoms with Crippen molar-refractivity contribution >= 4 is 52.0 Å². The Balaban J connectivity index is 1.52. The van der Waals surface area contributed by atoms with Crippen molar-refractivity contribution in [1.29, 1.82) is 0 Å². The summed E-state index contributed by atoms with van der Waals surface area (Å²) < 4.78 is 2.57. The molecule has 0 radical (unpaired) electrons. The number of para-hydroxylation sites is 1. The van der Waals surface area contributed by atoms with Crippen LogP contribution in [0.5, 0.6) is 0 Å². The molecule has 0 bridgehead atoms. The fourth-order valence-corrected chi connectivity index (χ4v) is 6.63. The highest BCUT2D eigenvalue weighted by Crippen LogP contribution is 2.38. The first-order valence-electron chi connectivity index (χ1n) is 11.8. The summed E-state index contributed by atoms with van der Waals surface area (Å²) in [6.07, 6.45) is 9.64. The lowest BCUT2D eigenvalue weighted by Crippen LogP contribution is -2.39. The van der Waals surface area contributed by atoms with Gasteiger partial charge in [0.05, 0.1) is 16.3 Å². The molecule has 0 spiro atoms. The van der Waals surface area contributed by atoms with Crippen LogP contribution in [0.25, 0.3) is 23.0 Å². The van der Waals surface area contributed by atoms with E-state index in [2.05, 4.69) is 31.2 Å². The first-order chi connectivity index (χ1) is 16.6. The molecular formula is C27H27N3OS3. The third-order valence-corrected chi connectivity index (χ3v) is 8.48. The molecule has 4 nitrogen and oxygen atoms in total. The van der Waals surface area contributed by atoms with Crippen molar-refractivity contribution < 1.29 is 4.79 Å². The summed E-state index contributed by atoms with van der Waals surface area (Å²) in [6, 6.07) is 18.8. The lowest BCUT2D eigenvalue weighted by Gasteiger charge is -2.29. The van der Waals surface area contributed by atoms with E-state index in [0.29, 0.717) is 9.23 Å². The van der Waals surface area contributed by atoms with Gasteiger partial charge in [-0.2, -0.15) is 5.10 Å². The molecule has 174 valence electrons. The highest BCUT2D eigenvalue weighted by Gasteiger charge is 2.37. The van der Waals surface area contributed by atoms with E-state index >= 15 is 0 Å². The van der Waals surface area contributed by atoms with Gasteiger partial charge in [0.25, 0.3) is 5.91 Å². The Bertz CT molecular complexity index is 1210. The van der Waals surface area contributed by atoms with E-state index in [9.17, 15) is 4.79 Å². The van der Waals surface area contributed by atoms with Crippen molar-refractivity contribution in [2.45, 2.75) is 50.0 Å². The number of nitrogens with zero attached hydrogens (tertiary/aromatic N) is 3. The highest BCUT2D eigenvalue weighted by atomic mass is 32.2. The van der Waals surface area contributed by atoms with Gasteiger partial charge in [-0.15, -0.1) is 11.8 Å². The zero-order valence-electron chi connectivity index (χ0n) is 19.1. The van der Waals surface area contributed by atoms with Crippen molar-refractivity contribution in [1.82, 2.24) is 14.7 Å².